The molecule has 2 aromatic rings. The largest absolute Gasteiger partial charge is 0.384 e. The van der Waals surface area contributed by atoms with E-state index in [1.165, 1.54) is 17.5 Å². The average molecular weight is 214 g/mol. The number of hydrogen-bond donors (Lipinski definition) is 1. The summed E-state index contributed by atoms with van der Waals surface area (Å²) in [5.41, 5.74) is 3.98. The van der Waals surface area contributed by atoms with E-state index in [0.29, 0.717) is 5.56 Å². The van der Waals surface area contributed by atoms with Gasteiger partial charge in [-0.3, -0.25) is 0 Å². The highest BCUT2D eigenvalue weighted by atomic mass is 16.3. The molecular weight excluding hydrogens is 200 g/mol. The molecule has 1 atom stereocenters. The highest BCUT2D eigenvalue weighted by Crippen LogP contribution is 2.22. The number of benzene rings is 1. The zero-order chi connectivity index (χ0) is 11.5. The Bertz CT molecular complexity index is 483. The van der Waals surface area contributed by atoms with Gasteiger partial charge in [0.1, 0.15) is 12.4 Å². The van der Waals surface area contributed by atoms with Gasteiger partial charge in [-0.05, 0) is 30.5 Å². The summed E-state index contributed by atoms with van der Waals surface area (Å²) in [4.78, 5) is 7.80. The van der Waals surface area contributed by atoms with Crippen molar-refractivity contribution in [1.29, 1.82) is 0 Å². The summed E-state index contributed by atoms with van der Waals surface area (Å²) in [6.07, 6.45) is 4.07. The molecule has 0 aliphatic heterocycles. The van der Waals surface area contributed by atoms with Gasteiger partial charge in [-0.1, -0.05) is 18.2 Å². The van der Waals surface area contributed by atoms with E-state index in [0.717, 1.165) is 5.56 Å². The van der Waals surface area contributed by atoms with E-state index in [2.05, 4.69) is 16.9 Å². The van der Waals surface area contributed by atoms with E-state index < -0.39 is 6.10 Å². The molecule has 0 radical (unpaired) electrons. The Kier molecular flexibility index (Phi) is 2.97. The van der Waals surface area contributed by atoms with Gasteiger partial charge in [0.15, 0.2) is 0 Å². The molecule has 0 saturated heterocycles. The van der Waals surface area contributed by atoms with Crippen LogP contribution in [0.3, 0.4) is 0 Å². The predicted molar refractivity (Wildman–Crippen MR) is 62.0 cm³/mol. The fourth-order valence-corrected chi connectivity index (χ4v) is 1.58. The Morgan fingerprint density at radius 1 is 1.00 bits per heavy atom. The van der Waals surface area contributed by atoms with Crippen LogP contribution in [0.15, 0.2) is 36.9 Å². The first-order chi connectivity index (χ1) is 7.68. The SMILES string of the molecule is Cc1ccc(C(O)c2cncnc2)cc1C. The molecule has 3 heteroatoms. The number of aromatic nitrogens is 2. The minimum absolute atomic E-state index is 0.652. The minimum Gasteiger partial charge on any atom is -0.384 e. The van der Waals surface area contributed by atoms with E-state index in [-0.39, 0.29) is 0 Å². The van der Waals surface area contributed by atoms with E-state index in [1.54, 1.807) is 12.4 Å². The molecule has 1 N–H and O–H groups in total. The molecule has 1 aromatic heterocycles. The van der Waals surface area contributed by atoms with Crippen LogP contribution in [-0.2, 0) is 0 Å². The lowest BCUT2D eigenvalue weighted by Gasteiger charge is -2.12. The summed E-state index contributed by atoms with van der Waals surface area (Å²) >= 11 is 0. The van der Waals surface area contributed by atoms with Crippen molar-refractivity contribution in [3.8, 4) is 0 Å². The maximum Gasteiger partial charge on any atom is 0.115 e. The first-order valence-corrected chi connectivity index (χ1v) is 5.18. The van der Waals surface area contributed by atoms with Crippen molar-refractivity contribution < 1.29 is 5.11 Å². The highest BCUT2D eigenvalue weighted by Gasteiger charge is 2.11. The first kappa shape index (κ1) is 10.8. The molecule has 1 aromatic carbocycles. The van der Waals surface area contributed by atoms with Gasteiger partial charge in [0.05, 0.1) is 0 Å². The molecule has 1 unspecified atom stereocenters. The van der Waals surface area contributed by atoms with Crippen LogP contribution in [0.5, 0.6) is 0 Å². The summed E-state index contributed by atoms with van der Waals surface area (Å²) in [6.45, 7) is 4.09. The lowest BCUT2D eigenvalue weighted by molar-refractivity contribution is 0.219. The quantitative estimate of drug-likeness (QED) is 0.833. The Morgan fingerprint density at radius 2 is 1.69 bits per heavy atom. The van der Waals surface area contributed by atoms with Crippen molar-refractivity contribution in [2.75, 3.05) is 0 Å². The Hall–Kier alpha value is -1.74. The molecule has 0 amide bonds. The topological polar surface area (TPSA) is 46.0 Å². The summed E-state index contributed by atoms with van der Waals surface area (Å²) < 4.78 is 0. The van der Waals surface area contributed by atoms with Crippen LogP contribution in [-0.4, -0.2) is 15.1 Å². The highest BCUT2D eigenvalue weighted by molar-refractivity contribution is 5.34. The van der Waals surface area contributed by atoms with Crippen LogP contribution in [0.1, 0.15) is 28.4 Å². The van der Waals surface area contributed by atoms with Crippen molar-refractivity contribution in [3.63, 3.8) is 0 Å². The summed E-state index contributed by atoms with van der Waals surface area (Å²) in [7, 11) is 0. The predicted octanol–water partition coefficient (Wildman–Crippen LogP) is 2.18. The van der Waals surface area contributed by atoms with Gasteiger partial charge in [0.25, 0.3) is 0 Å². The monoisotopic (exact) mass is 214 g/mol. The molecule has 0 saturated carbocycles. The van der Waals surface area contributed by atoms with E-state index in [9.17, 15) is 5.11 Å². The summed E-state index contributed by atoms with van der Waals surface area (Å²) in [5.74, 6) is 0. The summed E-state index contributed by atoms with van der Waals surface area (Å²) in [5, 5.41) is 10.1. The van der Waals surface area contributed by atoms with Crippen LogP contribution in [0.4, 0.5) is 0 Å². The van der Waals surface area contributed by atoms with Gasteiger partial charge < -0.3 is 5.11 Å². The normalized spacial score (nSPS) is 12.4. The number of nitrogens with zero attached hydrogens (tertiary/aromatic N) is 2. The Labute approximate surface area is 94.8 Å². The molecule has 2 rings (SSSR count). The van der Waals surface area contributed by atoms with Crippen molar-refractivity contribution in [1.82, 2.24) is 9.97 Å². The third-order valence-electron chi connectivity index (χ3n) is 2.74. The molecule has 82 valence electrons. The number of hydrogen-bond acceptors (Lipinski definition) is 3. The van der Waals surface area contributed by atoms with Crippen molar-refractivity contribution in [3.05, 3.63) is 59.2 Å². The molecule has 0 aliphatic rings. The Balaban J connectivity index is 2.34. The lowest BCUT2D eigenvalue weighted by Crippen LogP contribution is -2.01. The van der Waals surface area contributed by atoms with Crippen molar-refractivity contribution in [2.45, 2.75) is 20.0 Å². The fraction of sp³-hybridized carbons (Fsp3) is 0.231. The molecule has 3 nitrogen and oxygen atoms in total. The molecule has 16 heavy (non-hydrogen) atoms. The lowest BCUT2D eigenvalue weighted by atomic mass is 10.00. The zero-order valence-corrected chi connectivity index (χ0v) is 9.38. The van der Waals surface area contributed by atoms with Gasteiger partial charge in [-0.2, -0.15) is 0 Å². The second-order valence-electron chi connectivity index (χ2n) is 3.92. The summed E-state index contributed by atoms with van der Waals surface area (Å²) in [6, 6.07) is 5.94. The molecule has 0 spiro atoms. The van der Waals surface area contributed by atoms with Gasteiger partial charge in [-0.25, -0.2) is 9.97 Å². The molecule has 0 fully saturated rings. The fourth-order valence-electron chi connectivity index (χ4n) is 1.58. The third-order valence-corrected chi connectivity index (χ3v) is 2.74. The third kappa shape index (κ3) is 2.09. The van der Waals surface area contributed by atoms with Crippen LogP contribution in [0.25, 0.3) is 0 Å². The van der Waals surface area contributed by atoms with Crippen LogP contribution in [0.2, 0.25) is 0 Å². The Morgan fingerprint density at radius 3 is 2.31 bits per heavy atom. The van der Waals surface area contributed by atoms with Crippen molar-refractivity contribution in [2.24, 2.45) is 0 Å². The second kappa shape index (κ2) is 4.41. The van der Waals surface area contributed by atoms with Gasteiger partial charge >= 0.3 is 0 Å². The smallest absolute Gasteiger partial charge is 0.115 e. The minimum atomic E-state index is -0.652. The maximum absolute atomic E-state index is 10.1. The van der Waals surface area contributed by atoms with Gasteiger partial charge in [0.2, 0.25) is 0 Å². The van der Waals surface area contributed by atoms with E-state index in [4.69, 9.17) is 0 Å². The van der Waals surface area contributed by atoms with Crippen LogP contribution >= 0.6 is 0 Å². The molecular formula is C13H14N2O. The van der Waals surface area contributed by atoms with E-state index in [1.807, 2.05) is 25.1 Å². The van der Waals surface area contributed by atoms with Gasteiger partial charge in [-0.15, -0.1) is 0 Å². The molecule has 0 bridgehead atoms. The maximum atomic E-state index is 10.1. The second-order valence-corrected chi connectivity index (χ2v) is 3.92. The number of aliphatic hydroxyl groups excluding tert-OH is 1. The average Bonchev–Trinajstić information content (AvgIpc) is 2.33. The number of rotatable bonds is 2. The number of aryl methyl sites for hydroxylation is 2. The van der Waals surface area contributed by atoms with Gasteiger partial charge in [0, 0.05) is 18.0 Å². The van der Waals surface area contributed by atoms with Crippen LogP contribution in [0, 0.1) is 13.8 Å². The van der Waals surface area contributed by atoms with Crippen LogP contribution < -0.4 is 0 Å². The molecule has 0 aliphatic carbocycles. The standard InChI is InChI=1S/C13H14N2O/c1-9-3-4-11(5-10(9)2)13(16)12-6-14-8-15-7-12/h3-8,13,16H,1-2H3. The van der Waals surface area contributed by atoms with E-state index >= 15 is 0 Å². The number of aliphatic hydroxyl groups is 1. The first-order valence-electron chi connectivity index (χ1n) is 5.18. The van der Waals surface area contributed by atoms with Crippen molar-refractivity contribution >= 4 is 0 Å². The zero-order valence-electron chi connectivity index (χ0n) is 9.38. The molecule has 1 heterocycles.